The van der Waals surface area contributed by atoms with Gasteiger partial charge in [0.25, 0.3) is 0 Å². The molecule has 2 nitrogen and oxygen atoms in total. The van der Waals surface area contributed by atoms with Gasteiger partial charge in [-0.3, -0.25) is 0 Å². The summed E-state index contributed by atoms with van der Waals surface area (Å²) in [6.07, 6.45) is 23.8. The summed E-state index contributed by atoms with van der Waals surface area (Å²) in [5.74, 6) is 0.775. The SMILES string of the molecule is CCCCCCCCC(CCCCCCCC)CC1OC=CO1. The highest BCUT2D eigenvalue weighted by Crippen LogP contribution is 2.26. The summed E-state index contributed by atoms with van der Waals surface area (Å²) in [5.41, 5.74) is 0. The highest BCUT2D eigenvalue weighted by atomic mass is 16.7. The van der Waals surface area contributed by atoms with Crippen molar-refractivity contribution in [2.45, 2.75) is 116 Å². The fraction of sp³-hybridized carbons (Fsp3) is 0.905. The predicted octanol–water partition coefficient (Wildman–Crippen LogP) is 7.34. The highest BCUT2D eigenvalue weighted by Gasteiger charge is 2.19. The lowest BCUT2D eigenvalue weighted by Crippen LogP contribution is -2.14. The Kier molecular flexibility index (Phi) is 13.2. The molecule has 0 spiro atoms. The first-order valence-corrected chi connectivity index (χ1v) is 10.3. The summed E-state index contributed by atoms with van der Waals surface area (Å²) in [5, 5.41) is 0. The number of unbranched alkanes of at least 4 members (excludes halogenated alkanes) is 10. The molecule has 0 aromatic carbocycles. The Balaban J connectivity index is 2.11. The molecule has 23 heavy (non-hydrogen) atoms. The average molecular weight is 325 g/mol. The van der Waals surface area contributed by atoms with Gasteiger partial charge in [-0.25, -0.2) is 0 Å². The van der Waals surface area contributed by atoms with Crippen molar-refractivity contribution < 1.29 is 9.47 Å². The molecule has 0 bridgehead atoms. The summed E-state index contributed by atoms with van der Waals surface area (Å²) < 4.78 is 11.0. The summed E-state index contributed by atoms with van der Waals surface area (Å²) in [4.78, 5) is 0. The smallest absolute Gasteiger partial charge is 0.239 e. The first-order valence-electron chi connectivity index (χ1n) is 10.3. The standard InChI is InChI=1S/C21H40O2/c1-3-5-7-9-11-13-15-20(19-21-22-17-18-23-21)16-14-12-10-8-6-4-2/h17-18,20-21H,3-16,19H2,1-2H3. The molecular formula is C21H40O2. The zero-order chi connectivity index (χ0) is 16.6. The molecular weight excluding hydrogens is 284 g/mol. The van der Waals surface area contributed by atoms with E-state index in [0.717, 1.165) is 12.3 Å². The van der Waals surface area contributed by atoms with Crippen molar-refractivity contribution in [3.05, 3.63) is 12.5 Å². The Bertz CT molecular complexity index is 251. The molecule has 0 fully saturated rings. The van der Waals surface area contributed by atoms with Crippen molar-refractivity contribution in [2.24, 2.45) is 5.92 Å². The van der Waals surface area contributed by atoms with E-state index in [2.05, 4.69) is 13.8 Å². The molecule has 0 radical (unpaired) electrons. The minimum atomic E-state index is -0.0137. The van der Waals surface area contributed by atoms with E-state index in [1.54, 1.807) is 12.5 Å². The molecule has 1 heterocycles. The van der Waals surface area contributed by atoms with Crippen LogP contribution in [0.2, 0.25) is 0 Å². The topological polar surface area (TPSA) is 18.5 Å². The molecule has 0 saturated heterocycles. The molecule has 0 atom stereocenters. The first-order chi connectivity index (χ1) is 11.4. The first kappa shape index (κ1) is 20.4. The Morgan fingerprint density at radius 2 is 1.09 bits per heavy atom. The lowest BCUT2D eigenvalue weighted by Gasteiger charge is -2.20. The van der Waals surface area contributed by atoms with Crippen LogP contribution in [0.5, 0.6) is 0 Å². The van der Waals surface area contributed by atoms with Crippen LogP contribution in [-0.2, 0) is 9.47 Å². The molecule has 0 aliphatic carbocycles. The van der Waals surface area contributed by atoms with Gasteiger partial charge in [-0.15, -0.1) is 0 Å². The van der Waals surface area contributed by atoms with Gasteiger partial charge in [0.1, 0.15) is 12.5 Å². The molecule has 0 aromatic rings. The second kappa shape index (κ2) is 14.9. The van der Waals surface area contributed by atoms with Gasteiger partial charge in [-0.2, -0.15) is 0 Å². The van der Waals surface area contributed by atoms with Crippen LogP contribution in [0.15, 0.2) is 12.5 Å². The maximum Gasteiger partial charge on any atom is 0.239 e. The third kappa shape index (κ3) is 11.5. The van der Waals surface area contributed by atoms with Gasteiger partial charge in [0.2, 0.25) is 6.29 Å². The summed E-state index contributed by atoms with van der Waals surface area (Å²) in [7, 11) is 0. The van der Waals surface area contributed by atoms with Gasteiger partial charge in [0, 0.05) is 6.42 Å². The minimum Gasteiger partial charge on any atom is -0.459 e. The third-order valence-electron chi connectivity index (χ3n) is 4.97. The van der Waals surface area contributed by atoms with Crippen LogP contribution in [-0.4, -0.2) is 6.29 Å². The maximum absolute atomic E-state index is 5.50. The van der Waals surface area contributed by atoms with Gasteiger partial charge < -0.3 is 9.47 Å². The van der Waals surface area contributed by atoms with Crippen molar-refractivity contribution >= 4 is 0 Å². The average Bonchev–Trinajstić information content (AvgIpc) is 3.06. The van der Waals surface area contributed by atoms with Crippen molar-refractivity contribution in [3.8, 4) is 0 Å². The zero-order valence-electron chi connectivity index (χ0n) is 15.7. The van der Waals surface area contributed by atoms with Crippen LogP contribution in [0.1, 0.15) is 110 Å². The third-order valence-corrected chi connectivity index (χ3v) is 4.97. The van der Waals surface area contributed by atoms with Crippen molar-refractivity contribution in [1.29, 1.82) is 0 Å². The molecule has 0 amide bonds. The molecule has 2 heteroatoms. The number of rotatable bonds is 16. The fourth-order valence-electron chi connectivity index (χ4n) is 3.46. The van der Waals surface area contributed by atoms with Gasteiger partial charge >= 0.3 is 0 Å². The van der Waals surface area contributed by atoms with Gasteiger partial charge in [0.05, 0.1) is 0 Å². The largest absolute Gasteiger partial charge is 0.459 e. The van der Waals surface area contributed by atoms with Gasteiger partial charge in [-0.05, 0) is 5.92 Å². The highest BCUT2D eigenvalue weighted by molar-refractivity contribution is 4.73. The van der Waals surface area contributed by atoms with E-state index < -0.39 is 0 Å². The van der Waals surface area contributed by atoms with E-state index in [4.69, 9.17) is 9.47 Å². The van der Waals surface area contributed by atoms with Gasteiger partial charge in [0.15, 0.2) is 0 Å². The van der Waals surface area contributed by atoms with Crippen LogP contribution in [0.4, 0.5) is 0 Å². The molecule has 0 aromatic heterocycles. The fourth-order valence-corrected chi connectivity index (χ4v) is 3.46. The quantitative estimate of drug-likeness (QED) is 0.276. The van der Waals surface area contributed by atoms with E-state index in [-0.39, 0.29) is 6.29 Å². The van der Waals surface area contributed by atoms with E-state index in [0.29, 0.717) is 0 Å². The van der Waals surface area contributed by atoms with Crippen molar-refractivity contribution in [3.63, 3.8) is 0 Å². The van der Waals surface area contributed by atoms with Crippen LogP contribution < -0.4 is 0 Å². The maximum atomic E-state index is 5.50. The number of hydrogen-bond donors (Lipinski definition) is 0. The Labute approximate surface area is 145 Å². The molecule has 0 unspecified atom stereocenters. The van der Waals surface area contributed by atoms with E-state index in [1.165, 1.54) is 89.9 Å². The Morgan fingerprint density at radius 3 is 1.57 bits per heavy atom. The predicted molar refractivity (Wildman–Crippen MR) is 99.2 cm³/mol. The molecule has 0 saturated carbocycles. The molecule has 1 aliphatic rings. The molecule has 1 rings (SSSR count). The lowest BCUT2D eigenvalue weighted by molar-refractivity contribution is -0.0410. The molecule has 136 valence electrons. The second-order valence-corrected chi connectivity index (χ2v) is 7.19. The zero-order valence-corrected chi connectivity index (χ0v) is 15.7. The summed E-state index contributed by atoms with van der Waals surface area (Å²) in [6.45, 7) is 4.57. The van der Waals surface area contributed by atoms with E-state index in [1.807, 2.05) is 0 Å². The van der Waals surface area contributed by atoms with Crippen molar-refractivity contribution in [2.75, 3.05) is 0 Å². The van der Waals surface area contributed by atoms with E-state index in [9.17, 15) is 0 Å². The number of ether oxygens (including phenoxy) is 2. The normalized spacial score (nSPS) is 14.4. The van der Waals surface area contributed by atoms with Crippen molar-refractivity contribution in [1.82, 2.24) is 0 Å². The second-order valence-electron chi connectivity index (χ2n) is 7.19. The van der Waals surface area contributed by atoms with Crippen LogP contribution in [0, 0.1) is 5.92 Å². The monoisotopic (exact) mass is 324 g/mol. The Morgan fingerprint density at radius 1 is 0.652 bits per heavy atom. The minimum absolute atomic E-state index is 0.0137. The molecule has 1 aliphatic heterocycles. The lowest BCUT2D eigenvalue weighted by atomic mass is 9.91. The number of hydrogen-bond acceptors (Lipinski definition) is 2. The Hall–Kier alpha value is -0.660. The molecule has 0 N–H and O–H groups in total. The summed E-state index contributed by atoms with van der Waals surface area (Å²) in [6, 6.07) is 0. The van der Waals surface area contributed by atoms with Crippen LogP contribution in [0.25, 0.3) is 0 Å². The van der Waals surface area contributed by atoms with Crippen LogP contribution >= 0.6 is 0 Å². The van der Waals surface area contributed by atoms with E-state index >= 15 is 0 Å². The summed E-state index contributed by atoms with van der Waals surface area (Å²) >= 11 is 0. The van der Waals surface area contributed by atoms with Crippen LogP contribution in [0.3, 0.4) is 0 Å². The van der Waals surface area contributed by atoms with Gasteiger partial charge in [-0.1, -0.05) is 104 Å².